The third-order valence-corrected chi connectivity index (χ3v) is 4.46. The third-order valence-electron chi connectivity index (χ3n) is 4.46. The Morgan fingerprint density at radius 1 is 1.20 bits per heavy atom. The average molecular weight is 340 g/mol. The molecule has 1 aliphatic rings. The molecule has 2 aromatic heterocycles. The van der Waals surface area contributed by atoms with E-state index in [9.17, 15) is 4.79 Å². The molecular formula is C18H20N4O3. The van der Waals surface area contributed by atoms with Gasteiger partial charge in [0.05, 0.1) is 37.3 Å². The van der Waals surface area contributed by atoms with Crippen molar-refractivity contribution >= 4 is 10.9 Å². The zero-order valence-corrected chi connectivity index (χ0v) is 14.5. The second-order valence-electron chi connectivity index (χ2n) is 6.35. The first-order valence-corrected chi connectivity index (χ1v) is 8.31. The summed E-state index contributed by atoms with van der Waals surface area (Å²) < 4.78 is 14.0. The van der Waals surface area contributed by atoms with E-state index in [-0.39, 0.29) is 12.1 Å². The Labute approximate surface area is 144 Å². The molecule has 0 saturated carbocycles. The zero-order valence-electron chi connectivity index (χ0n) is 14.5. The first kappa shape index (κ1) is 16.0. The van der Waals surface area contributed by atoms with E-state index in [4.69, 9.17) is 9.47 Å². The van der Waals surface area contributed by atoms with E-state index in [1.807, 2.05) is 32.9 Å². The average Bonchev–Trinajstić information content (AvgIpc) is 3.22. The van der Waals surface area contributed by atoms with Crippen molar-refractivity contribution < 1.29 is 9.47 Å². The van der Waals surface area contributed by atoms with Crippen molar-refractivity contribution in [1.29, 1.82) is 0 Å². The van der Waals surface area contributed by atoms with Crippen LogP contribution < -0.4 is 5.56 Å². The molecule has 0 aliphatic carbocycles. The summed E-state index contributed by atoms with van der Waals surface area (Å²) in [6.07, 6.45) is 1.27. The van der Waals surface area contributed by atoms with Gasteiger partial charge < -0.3 is 9.47 Å². The monoisotopic (exact) mass is 340 g/mol. The molecule has 0 amide bonds. The number of hydrogen-bond donors (Lipinski definition) is 0. The Bertz CT molecular complexity index is 999. The van der Waals surface area contributed by atoms with Crippen molar-refractivity contribution in [3.05, 3.63) is 51.6 Å². The summed E-state index contributed by atoms with van der Waals surface area (Å²) >= 11 is 0. The van der Waals surface area contributed by atoms with Gasteiger partial charge in [0.1, 0.15) is 5.52 Å². The van der Waals surface area contributed by atoms with Crippen molar-refractivity contribution in [1.82, 2.24) is 19.6 Å². The molecule has 0 bridgehead atoms. The highest BCUT2D eigenvalue weighted by Crippen LogP contribution is 2.21. The summed E-state index contributed by atoms with van der Waals surface area (Å²) in [5.41, 5.74) is 4.21. The highest BCUT2D eigenvalue weighted by atomic mass is 16.7. The normalized spacial score (nSPS) is 15.3. The molecule has 7 heteroatoms. The first-order chi connectivity index (χ1) is 12.0. The smallest absolute Gasteiger partial charge is 0.293 e. The van der Waals surface area contributed by atoms with Crippen molar-refractivity contribution in [2.45, 2.75) is 33.6 Å². The van der Waals surface area contributed by atoms with Crippen molar-refractivity contribution in [2.24, 2.45) is 0 Å². The van der Waals surface area contributed by atoms with E-state index < -0.39 is 6.29 Å². The van der Waals surface area contributed by atoms with E-state index in [1.165, 1.54) is 10.2 Å². The minimum absolute atomic E-state index is 0.197. The minimum atomic E-state index is -0.431. The van der Waals surface area contributed by atoms with Crippen LogP contribution >= 0.6 is 0 Å². The summed E-state index contributed by atoms with van der Waals surface area (Å²) in [5, 5.41) is 9.61. The van der Waals surface area contributed by atoms with Gasteiger partial charge in [0.25, 0.3) is 5.56 Å². The van der Waals surface area contributed by atoms with Crippen LogP contribution in [0.3, 0.4) is 0 Å². The van der Waals surface area contributed by atoms with E-state index in [1.54, 1.807) is 10.9 Å². The lowest BCUT2D eigenvalue weighted by Gasteiger charge is -2.13. The number of hydrogen-bond acceptors (Lipinski definition) is 5. The van der Waals surface area contributed by atoms with Gasteiger partial charge in [0.2, 0.25) is 0 Å². The predicted octanol–water partition coefficient (Wildman–Crippen LogP) is 1.88. The van der Waals surface area contributed by atoms with Crippen molar-refractivity contribution in [3.8, 4) is 5.69 Å². The Morgan fingerprint density at radius 3 is 2.68 bits per heavy atom. The van der Waals surface area contributed by atoms with Gasteiger partial charge in [-0.25, -0.2) is 9.36 Å². The van der Waals surface area contributed by atoms with Crippen LogP contribution in [-0.4, -0.2) is 39.1 Å². The zero-order chi connectivity index (χ0) is 17.6. The fraction of sp³-hybridized carbons (Fsp3) is 0.389. The molecule has 1 fully saturated rings. The van der Waals surface area contributed by atoms with E-state index in [2.05, 4.69) is 16.3 Å². The van der Waals surface area contributed by atoms with Crippen molar-refractivity contribution in [2.75, 3.05) is 13.2 Å². The molecule has 7 nitrogen and oxygen atoms in total. The Hall–Kier alpha value is -2.51. The van der Waals surface area contributed by atoms with Gasteiger partial charge in [-0.15, -0.1) is 0 Å². The number of ether oxygens (including phenoxy) is 2. The van der Waals surface area contributed by atoms with Crippen LogP contribution in [0.2, 0.25) is 0 Å². The van der Waals surface area contributed by atoms with Gasteiger partial charge in [-0.3, -0.25) is 4.79 Å². The minimum Gasteiger partial charge on any atom is -0.348 e. The predicted molar refractivity (Wildman–Crippen MR) is 93.0 cm³/mol. The van der Waals surface area contributed by atoms with Gasteiger partial charge in [-0.1, -0.05) is 17.7 Å². The summed E-state index contributed by atoms with van der Waals surface area (Å²) in [5.74, 6) is 0. The highest BCUT2D eigenvalue weighted by Gasteiger charge is 2.21. The molecule has 0 atom stereocenters. The molecular weight excluding hydrogens is 320 g/mol. The van der Waals surface area contributed by atoms with Gasteiger partial charge in [-0.05, 0) is 32.4 Å². The maximum absolute atomic E-state index is 13.0. The largest absolute Gasteiger partial charge is 0.348 e. The quantitative estimate of drug-likeness (QED) is 0.728. The van der Waals surface area contributed by atoms with Crippen LogP contribution in [0.1, 0.15) is 16.8 Å². The third kappa shape index (κ3) is 2.75. The van der Waals surface area contributed by atoms with Crippen LogP contribution in [0.15, 0.2) is 29.2 Å². The number of nitrogens with zero attached hydrogens (tertiary/aromatic N) is 4. The van der Waals surface area contributed by atoms with Gasteiger partial charge in [-0.2, -0.15) is 10.2 Å². The number of aryl methyl sites for hydroxylation is 3. The lowest BCUT2D eigenvalue weighted by molar-refractivity contribution is -0.0553. The fourth-order valence-electron chi connectivity index (χ4n) is 3.22. The van der Waals surface area contributed by atoms with Gasteiger partial charge in [0.15, 0.2) is 6.29 Å². The first-order valence-electron chi connectivity index (χ1n) is 8.31. The van der Waals surface area contributed by atoms with Crippen LogP contribution in [0.4, 0.5) is 0 Å². The Kier molecular flexibility index (Phi) is 3.89. The van der Waals surface area contributed by atoms with E-state index in [0.29, 0.717) is 18.7 Å². The Balaban J connectivity index is 1.88. The second kappa shape index (κ2) is 6.09. The lowest BCUT2D eigenvalue weighted by Crippen LogP contribution is -2.31. The van der Waals surface area contributed by atoms with Gasteiger partial charge in [0, 0.05) is 5.39 Å². The molecule has 0 spiro atoms. The number of fused-ring (bicyclic) bond motifs is 1. The Morgan fingerprint density at radius 2 is 1.96 bits per heavy atom. The lowest BCUT2D eigenvalue weighted by atomic mass is 10.1. The summed E-state index contributed by atoms with van der Waals surface area (Å²) in [6.45, 7) is 7.29. The van der Waals surface area contributed by atoms with Crippen LogP contribution in [0.25, 0.3) is 16.6 Å². The molecule has 3 heterocycles. The van der Waals surface area contributed by atoms with Crippen molar-refractivity contribution in [3.63, 3.8) is 0 Å². The molecule has 1 aliphatic heterocycles. The summed E-state index contributed by atoms with van der Waals surface area (Å²) in [4.78, 5) is 13.0. The standard InChI is InChI=1S/C18H20N4O3/c1-11-4-5-15(12(2)8-11)22-17-14(9-19-22)13(3)20-21(18(17)23)10-16-24-6-7-25-16/h4-5,8-9,16H,6-7,10H2,1-3H3. The SMILES string of the molecule is Cc1ccc(-n2ncc3c(C)nn(CC4OCCO4)c(=O)c32)c(C)c1. The molecule has 3 aromatic rings. The second-order valence-corrected chi connectivity index (χ2v) is 6.35. The van der Waals surface area contributed by atoms with Crippen LogP contribution in [0, 0.1) is 20.8 Å². The highest BCUT2D eigenvalue weighted by molar-refractivity contribution is 5.81. The molecule has 1 aromatic carbocycles. The molecule has 0 unspecified atom stereocenters. The summed E-state index contributed by atoms with van der Waals surface area (Å²) in [6, 6.07) is 6.08. The topological polar surface area (TPSA) is 71.2 Å². The van der Waals surface area contributed by atoms with Crippen LogP contribution in [0.5, 0.6) is 0 Å². The summed E-state index contributed by atoms with van der Waals surface area (Å²) in [7, 11) is 0. The maximum atomic E-state index is 13.0. The molecule has 4 rings (SSSR count). The number of aromatic nitrogens is 4. The van der Waals surface area contributed by atoms with E-state index in [0.717, 1.165) is 22.3 Å². The molecule has 25 heavy (non-hydrogen) atoms. The van der Waals surface area contributed by atoms with Gasteiger partial charge >= 0.3 is 0 Å². The number of benzene rings is 1. The molecule has 130 valence electrons. The fourth-order valence-corrected chi connectivity index (χ4v) is 3.22. The molecule has 0 radical (unpaired) electrons. The van der Waals surface area contributed by atoms with E-state index >= 15 is 0 Å². The number of rotatable bonds is 3. The molecule has 0 N–H and O–H groups in total. The van der Waals surface area contributed by atoms with Crippen LogP contribution in [-0.2, 0) is 16.0 Å². The maximum Gasteiger partial charge on any atom is 0.293 e. The molecule has 1 saturated heterocycles.